The van der Waals surface area contributed by atoms with Crippen LogP contribution in [0.4, 0.5) is 0 Å². The van der Waals surface area contributed by atoms with Crippen LogP contribution in [0.15, 0.2) is 24.3 Å². The van der Waals surface area contributed by atoms with E-state index in [1.807, 2.05) is 38.1 Å². The molecule has 2 rings (SSSR count). The zero-order chi connectivity index (χ0) is 13.2. The summed E-state index contributed by atoms with van der Waals surface area (Å²) in [6, 6.07) is 9.90. The number of nitriles is 1. The highest BCUT2D eigenvalue weighted by Crippen LogP contribution is 2.38. The van der Waals surface area contributed by atoms with E-state index < -0.39 is 6.10 Å². The number of ether oxygens (including phenoxy) is 1. The van der Waals surface area contributed by atoms with E-state index in [2.05, 4.69) is 6.07 Å². The Bertz CT molecular complexity index is 462. The van der Waals surface area contributed by atoms with Gasteiger partial charge in [0.1, 0.15) is 5.75 Å². The van der Waals surface area contributed by atoms with Crippen LogP contribution in [0.1, 0.15) is 38.4 Å². The van der Waals surface area contributed by atoms with Crippen molar-refractivity contribution < 1.29 is 9.84 Å². The fraction of sp³-hybridized carbons (Fsp3) is 0.533. The second-order valence-electron chi connectivity index (χ2n) is 5.59. The van der Waals surface area contributed by atoms with Crippen molar-refractivity contribution in [2.45, 2.75) is 32.8 Å². The van der Waals surface area contributed by atoms with E-state index in [9.17, 15) is 5.11 Å². The molecule has 18 heavy (non-hydrogen) atoms. The molecule has 0 radical (unpaired) electrons. The lowest BCUT2D eigenvalue weighted by atomic mass is 9.82. The van der Waals surface area contributed by atoms with Crippen molar-refractivity contribution in [3.63, 3.8) is 0 Å². The molecule has 2 unspecified atom stereocenters. The molecule has 3 nitrogen and oxygen atoms in total. The van der Waals surface area contributed by atoms with Crippen LogP contribution in [0.3, 0.4) is 0 Å². The number of fused-ring (bicyclic) bond motifs is 1. The minimum Gasteiger partial charge on any atom is -0.493 e. The van der Waals surface area contributed by atoms with Crippen molar-refractivity contribution in [2.24, 2.45) is 11.3 Å². The quantitative estimate of drug-likeness (QED) is 0.890. The number of aliphatic hydroxyl groups excluding tert-OH is 1. The summed E-state index contributed by atoms with van der Waals surface area (Å²) in [5.74, 6) is 0.855. The zero-order valence-electron chi connectivity index (χ0n) is 10.9. The van der Waals surface area contributed by atoms with Crippen molar-refractivity contribution in [1.29, 1.82) is 5.26 Å². The highest BCUT2D eigenvalue weighted by Gasteiger charge is 2.30. The predicted octanol–water partition coefficient (Wildman–Crippen LogP) is 3.06. The minimum absolute atomic E-state index is 0.0764. The summed E-state index contributed by atoms with van der Waals surface area (Å²) in [7, 11) is 0. The van der Waals surface area contributed by atoms with Crippen LogP contribution in [-0.4, -0.2) is 11.7 Å². The molecule has 3 heteroatoms. The van der Waals surface area contributed by atoms with Crippen molar-refractivity contribution in [3.05, 3.63) is 29.8 Å². The van der Waals surface area contributed by atoms with E-state index in [0.717, 1.165) is 24.2 Å². The number of aliphatic hydroxyl groups is 1. The fourth-order valence-electron chi connectivity index (χ4n) is 2.24. The average molecular weight is 245 g/mol. The van der Waals surface area contributed by atoms with E-state index in [1.165, 1.54) is 0 Å². The number of para-hydroxylation sites is 1. The van der Waals surface area contributed by atoms with Gasteiger partial charge in [-0.25, -0.2) is 0 Å². The van der Waals surface area contributed by atoms with Gasteiger partial charge in [-0.15, -0.1) is 0 Å². The lowest BCUT2D eigenvalue weighted by molar-refractivity contribution is 0.0416. The standard InChI is InChI=1S/C15H19NO2/c1-15(2,10-16)8-7-11-9-18-13-6-4-3-5-12(13)14(11)17/h3-6,11,14,17H,7-9H2,1-2H3. The van der Waals surface area contributed by atoms with E-state index in [0.29, 0.717) is 6.61 Å². The second kappa shape index (κ2) is 4.99. The maximum absolute atomic E-state index is 10.3. The van der Waals surface area contributed by atoms with Crippen LogP contribution in [0.5, 0.6) is 5.75 Å². The first-order chi connectivity index (χ1) is 8.53. The Morgan fingerprint density at radius 2 is 2.17 bits per heavy atom. The van der Waals surface area contributed by atoms with Crippen LogP contribution in [0, 0.1) is 22.7 Å². The molecule has 0 saturated carbocycles. The molecule has 0 fully saturated rings. The summed E-state index contributed by atoms with van der Waals surface area (Å²) in [4.78, 5) is 0. The summed E-state index contributed by atoms with van der Waals surface area (Å²) in [6.07, 6.45) is 1.09. The summed E-state index contributed by atoms with van der Waals surface area (Å²) in [5.41, 5.74) is 0.528. The van der Waals surface area contributed by atoms with Gasteiger partial charge in [-0.1, -0.05) is 18.2 Å². The molecule has 0 aliphatic carbocycles. The Morgan fingerprint density at radius 1 is 1.44 bits per heavy atom. The van der Waals surface area contributed by atoms with Gasteiger partial charge in [0, 0.05) is 11.5 Å². The van der Waals surface area contributed by atoms with Gasteiger partial charge >= 0.3 is 0 Å². The van der Waals surface area contributed by atoms with Gasteiger partial charge < -0.3 is 9.84 Å². The molecule has 1 N–H and O–H groups in total. The van der Waals surface area contributed by atoms with Crippen molar-refractivity contribution in [2.75, 3.05) is 6.61 Å². The Labute approximate surface area is 108 Å². The Balaban J connectivity index is 2.04. The van der Waals surface area contributed by atoms with Crippen molar-refractivity contribution >= 4 is 0 Å². The van der Waals surface area contributed by atoms with Gasteiger partial charge in [0.2, 0.25) is 0 Å². The Hall–Kier alpha value is -1.53. The molecule has 1 aromatic rings. The first-order valence-corrected chi connectivity index (χ1v) is 6.34. The molecule has 1 aliphatic rings. The summed E-state index contributed by atoms with van der Waals surface area (Å²) < 4.78 is 5.66. The maximum atomic E-state index is 10.3. The van der Waals surface area contributed by atoms with Gasteiger partial charge in [0.25, 0.3) is 0 Å². The topological polar surface area (TPSA) is 53.2 Å². The molecular formula is C15H19NO2. The lowest BCUT2D eigenvalue weighted by Gasteiger charge is -2.31. The highest BCUT2D eigenvalue weighted by atomic mass is 16.5. The third-order valence-corrected chi connectivity index (χ3v) is 3.58. The molecule has 1 aromatic carbocycles. The molecule has 0 saturated heterocycles. The number of hydrogen-bond acceptors (Lipinski definition) is 3. The third kappa shape index (κ3) is 2.65. The van der Waals surface area contributed by atoms with Crippen LogP contribution in [0.2, 0.25) is 0 Å². The van der Waals surface area contributed by atoms with E-state index in [-0.39, 0.29) is 11.3 Å². The molecule has 0 spiro atoms. The summed E-state index contributed by atoms with van der Waals surface area (Å²) in [5, 5.41) is 19.3. The van der Waals surface area contributed by atoms with Gasteiger partial charge in [0.15, 0.2) is 0 Å². The zero-order valence-corrected chi connectivity index (χ0v) is 10.9. The van der Waals surface area contributed by atoms with Crippen molar-refractivity contribution in [3.8, 4) is 11.8 Å². The summed E-state index contributed by atoms with van der Waals surface area (Å²) >= 11 is 0. The number of nitrogens with zero attached hydrogens (tertiary/aromatic N) is 1. The molecule has 1 heterocycles. The normalized spacial score (nSPS) is 22.8. The molecular weight excluding hydrogens is 226 g/mol. The molecule has 2 atom stereocenters. The monoisotopic (exact) mass is 245 g/mol. The van der Waals surface area contributed by atoms with Crippen LogP contribution < -0.4 is 4.74 Å². The second-order valence-corrected chi connectivity index (χ2v) is 5.59. The lowest BCUT2D eigenvalue weighted by Crippen LogP contribution is -2.27. The first-order valence-electron chi connectivity index (χ1n) is 6.34. The highest BCUT2D eigenvalue weighted by molar-refractivity contribution is 5.36. The molecule has 0 aromatic heterocycles. The molecule has 0 bridgehead atoms. The smallest absolute Gasteiger partial charge is 0.125 e. The Morgan fingerprint density at radius 3 is 2.89 bits per heavy atom. The Kier molecular flexibility index (Phi) is 3.58. The largest absolute Gasteiger partial charge is 0.493 e. The van der Waals surface area contributed by atoms with Gasteiger partial charge in [-0.2, -0.15) is 5.26 Å². The number of benzene rings is 1. The third-order valence-electron chi connectivity index (χ3n) is 3.58. The first kappa shape index (κ1) is 12.9. The SMILES string of the molecule is CC(C)(C#N)CCC1COc2ccccc2C1O. The van der Waals surface area contributed by atoms with Crippen LogP contribution in [0.25, 0.3) is 0 Å². The number of rotatable bonds is 3. The molecule has 0 amide bonds. The van der Waals surface area contributed by atoms with E-state index in [1.54, 1.807) is 0 Å². The minimum atomic E-state index is -0.482. The molecule has 1 aliphatic heterocycles. The van der Waals surface area contributed by atoms with Gasteiger partial charge in [-0.3, -0.25) is 0 Å². The van der Waals surface area contributed by atoms with Gasteiger partial charge in [0.05, 0.1) is 24.2 Å². The predicted molar refractivity (Wildman–Crippen MR) is 69.0 cm³/mol. The van der Waals surface area contributed by atoms with E-state index in [4.69, 9.17) is 10.00 Å². The van der Waals surface area contributed by atoms with E-state index >= 15 is 0 Å². The van der Waals surface area contributed by atoms with Crippen LogP contribution >= 0.6 is 0 Å². The fourth-order valence-corrected chi connectivity index (χ4v) is 2.24. The van der Waals surface area contributed by atoms with Gasteiger partial charge in [-0.05, 0) is 32.8 Å². The summed E-state index contributed by atoms with van der Waals surface area (Å²) in [6.45, 7) is 4.38. The number of hydrogen-bond donors (Lipinski definition) is 1. The maximum Gasteiger partial charge on any atom is 0.125 e. The van der Waals surface area contributed by atoms with Crippen LogP contribution in [-0.2, 0) is 0 Å². The van der Waals surface area contributed by atoms with Crippen molar-refractivity contribution in [1.82, 2.24) is 0 Å². The molecule has 96 valence electrons. The average Bonchev–Trinajstić information content (AvgIpc) is 2.38.